The molecular weight excluding hydrogens is 271 g/mol. The van der Waals surface area contributed by atoms with Gasteiger partial charge in [0.25, 0.3) is 5.91 Å². The molecule has 0 fully saturated rings. The number of halogens is 1. The lowest BCUT2D eigenvalue weighted by molar-refractivity contribution is 0.0949. The minimum Gasteiger partial charge on any atom is -0.352 e. The number of nitrogens with two attached hydrogens (primary N) is 1. The van der Waals surface area contributed by atoms with Gasteiger partial charge in [-0.2, -0.15) is 0 Å². The van der Waals surface area contributed by atoms with Gasteiger partial charge in [0.1, 0.15) is 5.82 Å². The van der Waals surface area contributed by atoms with Gasteiger partial charge in [-0.3, -0.25) is 4.79 Å². The van der Waals surface area contributed by atoms with Crippen molar-refractivity contribution in [1.29, 1.82) is 0 Å². The number of primary sulfonamides is 1. The summed E-state index contributed by atoms with van der Waals surface area (Å²) in [6.07, 6.45) is 2.82. The maximum absolute atomic E-state index is 13.6. The number of amides is 1. The normalized spacial score (nSPS) is 11.3. The van der Waals surface area contributed by atoms with Gasteiger partial charge < -0.3 is 5.32 Å². The SMILES string of the molecule is CCCCCNC(=O)c1ccc(S(N)(=O)=O)cc1F. The van der Waals surface area contributed by atoms with Crippen LogP contribution >= 0.6 is 0 Å². The molecule has 0 saturated carbocycles. The molecule has 106 valence electrons. The first kappa shape index (κ1) is 15.6. The molecule has 0 spiro atoms. The number of hydrogen-bond donors (Lipinski definition) is 2. The summed E-state index contributed by atoms with van der Waals surface area (Å²) in [7, 11) is -3.96. The van der Waals surface area contributed by atoms with Gasteiger partial charge in [0.2, 0.25) is 10.0 Å². The Morgan fingerprint density at radius 3 is 2.58 bits per heavy atom. The molecule has 0 aliphatic rings. The number of unbranched alkanes of at least 4 members (excludes halogenated alkanes) is 2. The van der Waals surface area contributed by atoms with Crippen LogP contribution in [0.15, 0.2) is 23.1 Å². The van der Waals surface area contributed by atoms with Crippen LogP contribution in [0.25, 0.3) is 0 Å². The molecule has 0 bridgehead atoms. The van der Waals surface area contributed by atoms with Gasteiger partial charge in [0.15, 0.2) is 0 Å². The highest BCUT2D eigenvalue weighted by atomic mass is 32.2. The molecule has 0 unspecified atom stereocenters. The Bertz CT molecular complexity index is 558. The average molecular weight is 288 g/mol. The van der Waals surface area contributed by atoms with Gasteiger partial charge in [-0.25, -0.2) is 17.9 Å². The molecule has 0 radical (unpaired) electrons. The monoisotopic (exact) mass is 288 g/mol. The van der Waals surface area contributed by atoms with Gasteiger partial charge in [-0.1, -0.05) is 19.8 Å². The molecule has 1 rings (SSSR count). The van der Waals surface area contributed by atoms with Crippen molar-refractivity contribution < 1.29 is 17.6 Å². The van der Waals surface area contributed by atoms with E-state index in [4.69, 9.17) is 5.14 Å². The van der Waals surface area contributed by atoms with Gasteiger partial charge in [-0.05, 0) is 24.6 Å². The molecule has 0 saturated heterocycles. The van der Waals surface area contributed by atoms with Gasteiger partial charge in [0.05, 0.1) is 10.5 Å². The Kier molecular flexibility index (Phi) is 5.44. The molecule has 0 heterocycles. The number of carbonyl (C=O) groups excluding carboxylic acids is 1. The van der Waals surface area contributed by atoms with Crippen molar-refractivity contribution in [3.8, 4) is 0 Å². The molecule has 0 atom stereocenters. The fourth-order valence-electron chi connectivity index (χ4n) is 1.53. The summed E-state index contributed by atoms with van der Waals surface area (Å²) in [6.45, 7) is 2.50. The third kappa shape index (κ3) is 4.60. The molecule has 0 aliphatic carbocycles. The second-order valence-corrected chi connectivity index (χ2v) is 5.71. The summed E-state index contributed by atoms with van der Waals surface area (Å²) in [5.41, 5.74) is -0.191. The van der Waals surface area contributed by atoms with E-state index in [2.05, 4.69) is 5.32 Å². The number of sulfonamides is 1. The first-order valence-corrected chi connectivity index (χ1v) is 7.51. The van der Waals surface area contributed by atoms with E-state index in [1.807, 2.05) is 6.92 Å². The summed E-state index contributed by atoms with van der Waals surface area (Å²) in [5, 5.41) is 7.44. The summed E-state index contributed by atoms with van der Waals surface area (Å²) in [4.78, 5) is 11.3. The zero-order chi connectivity index (χ0) is 14.5. The number of nitrogens with one attached hydrogen (secondary N) is 1. The predicted octanol–water partition coefficient (Wildman–Crippen LogP) is 1.39. The number of rotatable bonds is 6. The van der Waals surface area contributed by atoms with Crippen LogP contribution in [0.5, 0.6) is 0 Å². The van der Waals surface area contributed by atoms with Gasteiger partial charge in [-0.15, -0.1) is 0 Å². The minimum absolute atomic E-state index is 0.191. The van der Waals surface area contributed by atoms with Crippen molar-refractivity contribution in [2.45, 2.75) is 31.1 Å². The van der Waals surface area contributed by atoms with Crippen molar-refractivity contribution in [2.24, 2.45) is 5.14 Å². The van der Waals surface area contributed by atoms with Crippen molar-refractivity contribution in [1.82, 2.24) is 5.32 Å². The van der Waals surface area contributed by atoms with Crippen LogP contribution in [0.4, 0.5) is 4.39 Å². The average Bonchev–Trinajstić information content (AvgIpc) is 2.33. The molecule has 19 heavy (non-hydrogen) atoms. The van der Waals surface area contributed by atoms with Crippen LogP contribution < -0.4 is 10.5 Å². The van der Waals surface area contributed by atoms with E-state index in [1.54, 1.807) is 0 Å². The van der Waals surface area contributed by atoms with E-state index in [0.717, 1.165) is 37.5 Å². The lowest BCUT2D eigenvalue weighted by atomic mass is 10.2. The third-order valence-corrected chi connectivity index (χ3v) is 3.49. The molecule has 0 aliphatic heterocycles. The van der Waals surface area contributed by atoms with Crippen molar-refractivity contribution in [3.63, 3.8) is 0 Å². The highest BCUT2D eigenvalue weighted by molar-refractivity contribution is 7.89. The highest BCUT2D eigenvalue weighted by Crippen LogP contribution is 2.13. The smallest absolute Gasteiger partial charge is 0.254 e. The molecule has 3 N–H and O–H groups in total. The highest BCUT2D eigenvalue weighted by Gasteiger charge is 2.15. The third-order valence-electron chi connectivity index (χ3n) is 2.58. The summed E-state index contributed by atoms with van der Waals surface area (Å²) in [6, 6.07) is 2.97. The van der Waals surface area contributed by atoms with Crippen molar-refractivity contribution in [3.05, 3.63) is 29.6 Å². The second-order valence-electron chi connectivity index (χ2n) is 4.15. The Morgan fingerprint density at radius 1 is 1.37 bits per heavy atom. The van der Waals surface area contributed by atoms with Gasteiger partial charge in [0, 0.05) is 6.54 Å². The molecular formula is C12H17FN2O3S. The summed E-state index contributed by atoms with van der Waals surface area (Å²) < 4.78 is 35.7. The van der Waals surface area contributed by atoms with Gasteiger partial charge >= 0.3 is 0 Å². The number of carbonyl (C=O) groups is 1. The second kappa shape index (κ2) is 6.63. The fourth-order valence-corrected chi connectivity index (χ4v) is 2.05. The van der Waals surface area contributed by atoms with Crippen LogP contribution in [0.2, 0.25) is 0 Å². The van der Waals surface area contributed by atoms with Crippen LogP contribution in [-0.2, 0) is 10.0 Å². The lowest BCUT2D eigenvalue weighted by Gasteiger charge is -2.06. The largest absolute Gasteiger partial charge is 0.352 e. The summed E-state index contributed by atoms with van der Waals surface area (Å²) >= 11 is 0. The topological polar surface area (TPSA) is 89.3 Å². The fraction of sp³-hybridized carbons (Fsp3) is 0.417. The lowest BCUT2D eigenvalue weighted by Crippen LogP contribution is -2.25. The quantitative estimate of drug-likeness (QED) is 0.775. The zero-order valence-electron chi connectivity index (χ0n) is 10.6. The first-order valence-electron chi connectivity index (χ1n) is 5.96. The molecule has 7 heteroatoms. The molecule has 1 aromatic carbocycles. The minimum atomic E-state index is -3.96. The summed E-state index contributed by atoms with van der Waals surface area (Å²) in [5.74, 6) is -1.46. The Hall–Kier alpha value is -1.47. The van der Waals surface area contributed by atoms with E-state index in [-0.39, 0.29) is 10.5 Å². The maximum atomic E-state index is 13.6. The standard InChI is InChI=1S/C12H17FN2O3S/c1-2-3-4-7-15-12(16)10-6-5-9(8-11(10)13)19(14,17)18/h5-6,8H,2-4,7H2,1H3,(H,15,16)(H2,14,17,18). The first-order chi connectivity index (χ1) is 8.86. The van der Waals surface area contributed by atoms with Crippen molar-refractivity contribution >= 4 is 15.9 Å². The predicted molar refractivity (Wildman–Crippen MR) is 69.6 cm³/mol. The van der Waals surface area contributed by atoms with Crippen LogP contribution in [0.1, 0.15) is 36.5 Å². The van der Waals surface area contributed by atoms with Crippen LogP contribution in [0.3, 0.4) is 0 Å². The van der Waals surface area contributed by atoms with E-state index in [9.17, 15) is 17.6 Å². The van der Waals surface area contributed by atoms with E-state index >= 15 is 0 Å². The molecule has 1 amide bonds. The zero-order valence-corrected chi connectivity index (χ0v) is 11.5. The molecule has 0 aromatic heterocycles. The van der Waals surface area contributed by atoms with E-state index in [0.29, 0.717) is 6.54 Å². The van der Waals surface area contributed by atoms with E-state index < -0.39 is 21.7 Å². The number of benzene rings is 1. The molecule has 1 aromatic rings. The van der Waals surface area contributed by atoms with E-state index in [1.165, 1.54) is 0 Å². The Balaban J connectivity index is 2.77. The van der Waals surface area contributed by atoms with Crippen LogP contribution in [0, 0.1) is 5.82 Å². The Labute approximate surface area is 112 Å². The maximum Gasteiger partial charge on any atom is 0.254 e. The van der Waals surface area contributed by atoms with Crippen molar-refractivity contribution in [2.75, 3.05) is 6.54 Å². The number of hydrogen-bond acceptors (Lipinski definition) is 3. The molecule has 5 nitrogen and oxygen atoms in total. The Morgan fingerprint density at radius 2 is 2.05 bits per heavy atom. The van der Waals surface area contributed by atoms with Crippen LogP contribution in [-0.4, -0.2) is 20.9 Å².